The largest absolute Gasteiger partial charge is 0.356 e. The van der Waals surface area contributed by atoms with Crippen molar-refractivity contribution in [3.05, 3.63) is 0 Å². The normalized spacial score (nSPS) is 27.0. The maximum absolute atomic E-state index is 12.8. The van der Waals surface area contributed by atoms with E-state index in [0.29, 0.717) is 54.5 Å². The van der Waals surface area contributed by atoms with Crippen molar-refractivity contribution < 1.29 is 9.59 Å². The predicted molar refractivity (Wildman–Crippen MR) is 102 cm³/mol. The molecule has 0 aliphatic carbocycles. The van der Waals surface area contributed by atoms with Gasteiger partial charge in [-0.25, -0.2) is 0 Å². The van der Waals surface area contributed by atoms with Gasteiger partial charge in [0.2, 0.25) is 11.8 Å². The van der Waals surface area contributed by atoms with Crippen LogP contribution in [0.1, 0.15) is 79.6 Å². The molecular weight excluding hydrogens is 312 g/mol. The van der Waals surface area contributed by atoms with Gasteiger partial charge in [-0.15, -0.1) is 0 Å². The maximum Gasteiger partial charge on any atom is 0.223 e. The molecule has 0 aromatic carbocycles. The van der Waals surface area contributed by atoms with Crippen LogP contribution in [-0.4, -0.2) is 35.3 Å². The van der Waals surface area contributed by atoms with E-state index in [1.54, 1.807) is 0 Å². The first-order chi connectivity index (χ1) is 11.8. The lowest BCUT2D eigenvalue weighted by Gasteiger charge is -2.39. The lowest BCUT2D eigenvalue weighted by atomic mass is 9.89. The quantitative estimate of drug-likeness (QED) is 0.719. The number of hydrogen-bond acceptors (Lipinski definition) is 2. The van der Waals surface area contributed by atoms with Crippen LogP contribution >= 0.6 is 0 Å². The van der Waals surface area contributed by atoms with Gasteiger partial charge in [0.25, 0.3) is 0 Å². The summed E-state index contributed by atoms with van der Waals surface area (Å²) >= 11 is 0. The third kappa shape index (κ3) is 6.00. The van der Waals surface area contributed by atoms with Crippen LogP contribution in [0.5, 0.6) is 0 Å². The zero-order chi connectivity index (χ0) is 18.6. The first kappa shape index (κ1) is 20.3. The molecule has 2 aliphatic heterocycles. The number of amides is 2. The SMILES string of the molecule is CC(C)CC(=O)NCC1C[C@H]2CC[C@@H](C1)N2C(=O)CC(C)CC(C)C. The third-order valence-corrected chi connectivity index (χ3v) is 5.70. The van der Waals surface area contributed by atoms with Crippen molar-refractivity contribution in [2.75, 3.05) is 6.54 Å². The highest BCUT2D eigenvalue weighted by atomic mass is 16.2. The molecule has 2 unspecified atom stereocenters. The topological polar surface area (TPSA) is 49.4 Å². The maximum atomic E-state index is 12.8. The molecule has 1 N–H and O–H groups in total. The number of rotatable bonds is 8. The first-order valence-corrected chi connectivity index (χ1v) is 10.3. The van der Waals surface area contributed by atoms with Crippen molar-refractivity contribution in [3.8, 4) is 0 Å². The van der Waals surface area contributed by atoms with Crippen LogP contribution in [-0.2, 0) is 9.59 Å². The van der Waals surface area contributed by atoms with E-state index in [4.69, 9.17) is 0 Å². The van der Waals surface area contributed by atoms with E-state index in [1.807, 2.05) is 0 Å². The minimum absolute atomic E-state index is 0.170. The van der Waals surface area contributed by atoms with Gasteiger partial charge in [-0.05, 0) is 55.8 Å². The minimum atomic E-state index is 0.170. The number of carbonyl (C=O) groups is 2. The molecule has 4 nitrogen and oxygen atoms in total. The molecule has 0 spiro atoms. The highest BCUT2D eigenvalue weighted by Gasteiger charge is 2.43. The van der Waals surface area contributed by atoms with E-state index in [-0.39, 0.29) is 5.91 Å². The molecular formula is C21H38N2O2. The molecule has 2 saturated heterocycles. The molecule has 0 aromatic rings. The Morgan fingerprint density at radius 1 is 0.960 bits per heavy atom. The Bertz CT molecular complexity index is 447. The summed E-state index contributed by atoms with van der Waals surface area (Å²) in [5.74, 6) is 2.60. The van der Waals surface area contributed by atoms with E-state index in [1.165, 1.54) is 0 Å². The molecule has 0 saturated carbocycles. The summed E-state index contributed by atoms with van der Waals surface area (Å²) in [5.41, 5.74) is 0. The molecule has 4 atom stereocenters. The van der Waals surface area contributed by atoms with Crippen molar-refractivity contribution in [2.24, 2.45) is 23.7 Å². The van der Waals surface area contributed by atoms with Gasteiger partial charge in [-0.2, -0.15) is 0 Å². The summed E-state index contributed by atoms with van der Waals surface area (Å²) in [6.45, 7) is 11.6. The number of fused-ring (bicyclic) bond motifs is 2. The highest BCUT2D eigenvalue weighted by molar-refractivity contribution is 5.78. The first-order valence-electron chi connectivity index (χ1n) is 10.3. The summed E-state index contributed by atoms with van der Waals surface area (Å²) in [6, 6.07) is 0.814. The Kier molecular flexibility index (Phi) is 7.33. The Morgan fingerprint density at radius 2 is 1.56 bits per heavy atom. The standard InChI is InChI=1S/C21H38N2O2/c1-14(2)8-16(5)10-21(25)23-18-6-7-19(23)12-17(11-18)13-22-20(24)9-15(3)4/h14-19H,6-13H2,1-5H3,(H,22,24)/t16?,17?,18-,19+. The van der Waals surface area contributed by atoms with Crippen LogP contribution in [0.3, 0.4) is 0 Å². The monoisotopic (exact) mass is 350 g/mol. The van der Waals surface area contributed by atoms with Crippen molar-refractivity contribution in [1.82, 2.24) is 10.2 Å². The van der Waals surface area contributed by atoms with Crippen LogP contribution in [0.4, 0.5) is 0 Å². The number of piperidine rings is 1. The lowest BCUT2D eigenvalue weighted by Crippen LogP contribution is -2.48. The lowest BCUT2D eigenvalue weighted by molar-refractivity contribution is -0.137. The zero-order valence-electron chi connectivity index (χ0n) is 16.9. The molecule has 2 bridgehead atoms. The molecule has 2 fully saturated rings. The number of hydrogen-bond donors (Lipinski definition) is 1. The molecule has 2 heterocycles. The smallest absolute Gasteiger partial charge is 0.223 e. The van der Waals surface area contributed by atoms with Crippen LogP contribution in [0.15, 0.2) is 0 Å². The van der Waals surface area contributed by atoms with Gasteiger partial charge in [0.15, 0.2) is 0 Å². The third-order valence-electron chi connectivity index (χ3n) is 5.70. The summed E-state index contributed by atoms with van der Waals surface area (Å²) in [5, 5.41) is 3.11. The van der Waals surface area contributed by atoms with Crippen LogP contribution in [0.2, 0.25) is 0 Å². The van der Waals surface area contributed by atoms with Crippen molar-refractivity contribution in [1.29, 1.82) is 0 Å². The molecule has 25 heavy (non-hydrogen) atoms. The van der Waals surface area contributed by atoms with Gasteiger partial charge in [-0.3, -0.25) is 9.59 Å². The predicted octanol–water partition coefficient (Wildman–Crippen LogP) is 3.99. The zero-order valence-corrected chi connectivity index (χ0v) is 16.9. The Labute approximate surface area is 154 Å². The average molecular weight is 351 g/mol. The second-order valence-electron chi connectivity index (χ2n) is 9.36. The fourth-order valence-corrected chi connectivity index (χ4v) is 4.86. The van der Waals surface area contributed by atoms with Gasteiger partial charge in [0.05, 0.1) is 0 Å². The fraction of sp³-hybridized carbons (Fsp3) is 0.905. The van der Waals surface area contributed by atoms with E-state index in [0.717, 1.165) is 38.6 Å². The van der Waals surface area contributed by atoms with E-state index < -0.39 is 0 Å². The molecule has 2 amide bonds. The Hall–Kier alpha value is -1.06. The molecule has 2 aliphatic rings. The van der Waals surface area contributed by atoms with Crippen LogP contribution < -0.4 is 5.32 Å². The van der Waals surface area contributed by atoms with E-state index in [2.05, 4.69) is 44.8 Å². The number of nitrogens with zero attached hydrogens (tertiary/aromatic N) is 1. The van der Waals surface area contributed by atoms with Gasteiger partial charge >= 0.3 is 0 Å². The summed E-state index contributed by atoms with van der Waals surface area (Å²) in [4.78, 5) is 26.9. The number of nitrogens with one attached hydrogen (secondary N) is 1. The van der Waals surface area contributed by atoms with E-state index in [9.17, 15) is 9.59 Å². The summed E-state index contributed by atoms with van der Waals surface area (Å²) < 4.78 is 0. The molecule has 0 radical (unpaired) electrons. The Morgan fingerprint density at radius 3 is 2.08 bits per heavy atom. The van der Waals surface area contributed by atoms with Crippen molar-refractivity contribution in [2.45, 2.75) is 91.6 Å². The summed E-state index contributed by atoms with van der Waals surface area (Å²) in [6.07, 6.45) is 6.83. The second kappa shape index (κ2) is 9.05. The van der Waals surface area contributed by atoms with Crippen LogP contribution in [0.25, 0.3) is 0 Å². The second-order valence-corrected chi connectivity index (χ2v) is 9.36. The Balaban J connectivity index is 1.81. The van der Waals surface area contributed by atoms with Gasteiger partial charge < -0.3 is 10.2 Å². The van der Waals surface area contributed by atoms with Gasteiger partial charge in [0.1, 0.15) is 0 Å². The highest BCUT2D eigenvalue weighted by Crippen LogP contribution is 2.39. The summed E-state index contributed by atoms with van der Waals surface area (Å²) in [7, 11) is 0. The minimum Gasteiger partial charge on any atom is -0.356 e. The van der Waals surface area contributed by atoms with Crippen LogP contribution in [0, 0.1) is 23.7 Å². The van der Waals surface area contributed by atoms with E-state index >= 15 is 0 Å². The van der Waals surface area contributed by atoms with Crippen molar-refractivity contribution >= 4 is 11.8 Å². The molecule has 0 aromatic heterocycles. The molecule has 4 heteroatoms. The van der Waals surface area contributed by atoms with Crippen molar-refractivity contribution in [3.63, 3.8) is 0 Å². The van der Waals surface area contributed by atoms with Gasteiger partial charge in [0, 0.05) is 31.5 Å². The number of carbonyl (C=O) groups excluding carboxylic acids is 2. The average Bonchev–Trinajstić information content (AvgIpc) is 2.74. The molecule has 144 valence electrons. The van der Waals surface area contributed by atoms with Gasteiger partial charge in [-0.1, -0.05) is 34.6 Å². The molecule has 2 rings (SSSR count). The fourth-order valence-electron chi connectivity index (χ4n) is 4.86.